The first-order chi connectivity index (χ1) is 33.0. The van der Waals surface area contributed by atoms with Crippen molar-refractivity contribution in [2.45, 2.75) is 151 Å². The Morgan fingerprint density at radius 3 is 1.25 bits per heavy atom. The number of isothiocyanates is 2. The summed E-state index contributed by atoms with van der Waals surface area (Å²) in [6.45, 7) is 17.7. The van der Waals surface area contributed by atoms with Gasteiger partial charge in [-0.3, -0.25) is 24.7 Å². The molecule has 0 saturated carbocycles. The number of ketones is 1. The fourth-order valence-electron chi connectivity index (χ4n) is 7.58. The van der Waals surface area contributed by atoms with Gasteiger partial charge in [0, 0.05) is 35.9 Å². The average molecular weight is 1060 g/mol. The number of aromatic nitrogens is 4. The molecule has 10 nitrogen and oxygen atoms in total. The van der Waals surface area contributed by atoms with Crippen molar-refractivity contribution in [3.05, 3.63) is 142 Å². The zero-order valence-electron chi connectivity index (χ0n) is 42.0. The molecule has 4 heterocycles. The molecule has 5 aromatic rings. The van der Waals surface area contributed by atoms with Crippen LogP contribution >= 0.6 is 24.4 Å². The number of rotatable bonds is 25. The summed E-state index contributed by atoms with van der Waals surface area (Å²) in [4.78, 5) is 39.5. The number of Topliss-reactive ketones (excluding diaryl/α,β-unsaturated/α-hetero) is 1. The van der Waals surface area contributed by atoms with Crippen molar-refractivity contribution in [1.29, 1.82) is 0 Å². The SMILES string of the molecule is CC(=O)c1ccnc(-c2cc(C(=O)O)ccn2)c1.CCCCCCCCCc1ccnc(-c2cc(CCCCCCCCC)ccn2)c1.CC[N+](CC)(CC)Cc1ccccc1.[N-]=C=S.[N-]=C=S.[Ru+2]. The summed E-state index contributed by atoms with van der Waals surface area (Å²) < 4.78 is 1.20. The molecule has 0 aliphatic rings. The topological polar surface area (TPSA) is 151 Å². The van der Waals surface area contributed by atoms with Gasteiger partial charge in [-0.1, -0.05) is 146 Å². The van der Waals surface area contributed by atoms with Crippen LogP contribution < -0.4 is 0 Å². The number of carboxylic acid groups (broad SMARTS) is 1. The molecular weight excluding hydrogens is 984 g/mol. The maximum Gasteiger partial charge on any atom is 2.00 e. The minimum absolute atomic E-state index is 0. The van der Waals surface area contributed by atoms with Crippen LogP contribution in [-0.4, -0.2) is 71.2 Å². The summed E-state index contributed by atoms with van der Waals surface area (Å²) in [6, 6.07) is 25.7. The van der Waals surface area contributed by atoms with Gasteiger partial charge >= 0.3 is 25.4 Å². The van der Waals surface area contributed by atoms with Gasteiger partial charge in [0.1, 0.15) is 6.54 Å². The molecule has 69 heavy (non-hydrogen) atoms. The number of quaternary nitrogens is 1. The Balaban J connectivity index is 0.00000101. The van der Waals surface area contributed by atoms with Crippen molar-refractivity contribution < 1.29 is 38.7 Å². The van der Waals surface area contributed by atoms with Gasteiger partial charge in [0.2, 0.25) is 0 Å². The standard InChI is InChI=1S/C28H44N2.C13H10N2O3.C13H22N.2CNS.Ru/c1-3-5-7-9-11-13-15-17-25-19-21-29-27(23-25)28-24-26(20-22-30-28)18-16-14-12-10-8-6-4-2;1-8(16)9-2-4-14-11(6-9)12-7-10(13(17)18)3-5-15-12;1-4-14(5-2,6-3)12-13-10-8-7-9-11-13;2*2-1-3;/h19-24H,3-18H2,1-2H3;2-7H,1H3,(H,17,18);7-11H,4-6,12H2,1-3H3;;;/q;;+1;2*-1;+2. The average Bonchev–Trinajstić information content (AvgIpc) is 3.36. The molecule has 0 saturated heterocycles. The van der Waals surface area contributed by atoms with E-state index in [0.717, 1.165) is 24.2 Å². The first-order valence-corrected chi connectivity index (χ1v) is 25.3. The van der Waals surface area contributed by atoms with E-state index >= 15 is 0 Å². The van der Waals surface area contributed by atoms with E-state index in [1.54, 1.807) is 12.1 Å². The van der Waals surface area contributed by atoms with Gasteiger partial charge in [0.15, 0.2) is 5.78 Å². The number of hydrogen-bond acceptors (Lipinski definition) is 8. The van der Waals surface area contributed by atoms with E-state index in [4.69, 9.17) is 15.9 Å². The zero-order chi connectivity index (χ0) is 50.3. The van der Waals surface area contributed by atoms with Crippen LogP contribution in [0.25, 0.3) is 33.6 Å². The second-order valence-corrected chi connectivity index (χ2v) is 17.0. The van der Waals surface area contributed by atoms with E-state index in [9.17, 15) is 9.59 Å². The van der Waals surface area contributed by atoms with Crippen molar-refractivity contribution >= 4 is 46.5 Å². The van der Waals surface area contributed by atoms with Crippen LogP contribution in [0.3, 0.4) is 0 Å². The molecule has 0 amide bonds. The van der Waals surface area contributed by atoms with E-state index in [1.165, 1.54) is 179 Å². The number of nitrogens with zero attached hydrogens (tertiary/aromatic N) is 7. The largest absolute Gasteiger partial charge is 2.00 e. The van der Waals surface area contributed by atoms with Crippen LogP contribution in [-0.2, 0) is 38.9 Å². The van der Waals surface area contributed by atoms with E-state index < -0.39 is 5.97 Å². The van der Waals surface area contributed by atoms with E-state index in [0.29, 0.717) is 17.0 Å². The molecule has 1 aromatic carbocycles. The second-order valence-electron chi connectivity index (χ2n) is 16.7. The van der Waals surface area contributed by atoms with Crippen LogP contribution in [0.1, 0.15) is 169 Å². The number of thiocarbonyl (C=S) groups is 2. The number of aromatic carboxylic acids is 1. The number of benzene rings is 1. The molecule has 0 spiro atoms. The molecule has 4 aromatic heterocycles. The molecule has 0 atom stereocenters. The predicted molar refractivity (Wildman–Crippen MR) is 289 cm³/mol. The number of pyridine rings is 4. The van der Waals surface area contributed by atoms with Crippen LogP contribution in [0.2, 0.25) is 0 Å². The maximum absolute atomic E-state index is 11.3. The second kappa shape index (κ2) is 41.0. The third-order valence-corrected chi connectivity index (χ3v) is 11.9. The molecule has 0 bridgehead atoms. The quantitative estimate of drug-likeness (QED) is 0.0150. The fraction of sp³-hybridized carbons (Fsp3) is 0.464. The van der Waals surface area contributed by atoms with Crippen molar-refractivity contribution in [1.82, 2.24) is 19.9 Å². The normalized spacial score (nSPS) is 10.1. The summed E-state index contributed by atoms with van der Waals surface area (Å²) in [5.41, 5.74) is 7.86. The number of carboxylic acids is 1. The summed E-state index contributed by atoms with van der Waals surface area (Å²) in [5.74, 6) is -1.10. The van der Waals surface area contributed by atoms with Crippen LogP contribution in [0.5, 0.6) is 0 Å². The Labute approximate surface area is 438 Å². The smallest absolute Gasteiger partial charge is 0.753 e. The molecular formula is C56H76N7O3RuS2+. The monoisotopic (exact) mass is 1060 g/mol. The number of aryl methyl sites for hydroxylation is 2. The summed E-state index contributed by atoms with van der Waals surface area (Å²) >= 11 is 7.40. The molecule has 372 valence electrons. The van der Waals surface area contributed by atoms with Gasteiger partial charge in [-0.15, -0.1) is 0 Å². The Bertz CT molecular complexity index is 2080. The third-order valence-electron chi connectivity index (χ3n) is 11.9. The summed E-state index contributed by atoms with van der Waals surface area (Å²) in [6.07, 6.45) is 28.1. The number of carbonyl (C=O) groups is 2. The Kier molecular flexibility index (Phi) is 38.1. The minimum atomic E-state index is -1.03. The van der Waals surface area contributed by atoms with Crippen molar-refractivity contribution in [3.63, 3.8) is 0 Å². The summed E-state index contributed by atoms with van der Waals surface area (Å²) in [7, 11) is 0. The minimum Gasteiger partial charge on any atom is -0.753 e. The molecule has 0 aliphatic heterocycles. The van der Waals surface area contributed by atoms with Crippen molar-refractivity contribution in [3.8, 4) is 22.8 Å². The Morgan fingerprint density at radius 1 is 0.522 bits per heavy atom. The molecule has 0 fully saturated rings. The first kappa shape index (κ1) is 64.1. The maximum atomic E-state index is 11.3. The summed E-state index contributed by atoms with van der Waals surface area (Å²) in [5, 5.41) is 25.8. The Hall–Kier alpha value is -4.86. The molecule has 0 unspecified atom stereocenters. The van der Waals surface area contributed by atoms with Gasteiger partial charge in [-0.05, 0) is 113 Å². The predicted octanol–water partition coefficient (Wildman–Crippen LogP) is 15.2. The molecule has 0 radical (unpaired) electrons. The van der Waals surface area contributed by atoms with Gasteiger partial charge in [0.25, 0.3) is 0 Å². The van der Waals surface area contributed by atoms with Crippen LogP contribution in [0, 0.1) is 0 Å². The number of hydrogen-bond donors (Lipinski definition) is 1. The van der Waals surface area contributed by atoms with Crippen molar-refractivity contribution in [2.75, 3.05) is 19.6 Å². The van der Waals surface area contributed by atoms with E-state index in [2.05, 4.69) is 134 Å². The molecule has 1 N–H and O–H groups in total. The Morgan fingerprint density at radius 2 is 0.870 bits per heavy atom. The number of carbonyl (C=O) groups excluding carboxylic acids is 1. The van der Waals surface area contributed by atoms with Crippen LogP contribution in [0.4, 0.5) is 0 Å². The number of unbranched alkanes of at least 4 members (excludes halogenated alkanes) is 12. The van der Waals surface area contributed by atoms with Crippen molar-refractivity contribution in [2.24, 2.45) is 0 Å². The fourth-order valence-corrected chi connectivity index (χ4v) is 7.58. The zero-order valence-corrected chi connectivity index (χ0v) is 45.4. The molecule has 5 rings (SSSR count). The third kappa shape index (κ3) is 28.4. The molecule has 13 heteroatoms. The van der Waals surface area contributed by atoms with Gasteiger partial charge in [-0.2, -0.15) is 10.3 Å². The molecule has 0 aliphatic carbocycles. The van der Waals surface area contributed by atoms with Gasteiger partial charge in [0.05, 0.1) is 48.0 Å². The first-order valence-electron chi connectivity index (χ1n) is 24.5. The van der Waals surface area contributed by atoms with Gasteiger partial charge < -0.3 is 20.4 Å². The van der Waals surface area contributed by atoms with Crippen LogP contribution in [0.15, 0.2) is 104 Å². The van der Waals surface area contributed by atoms with E-state index in [-0.39, 0.29) is 30.8 Å². The van der Waals surface area contributed by atoms with E-state index in [1.807, 2.05) is 12.4 Å². The van der Waals surface area contributed by atoms with Gasteiger partial charge in [-0.25, -0.2) is 4.79 Å².